The highest BCUT2D eigenvalue weighted by Gasteiger charge is 2.23. The summed E-state index contributed by atoms with van der Waals surface area (Å²) < 4.78 is 0. The second-order valence-corrected chi connectivity index (χ2v) is 7.38. The van der Waals surface area contributed by atoms with Crippen LogP contribution in [-0.4, -0.2) is 38.7 Å². The van der Waals surface area contributed by atoms with E-state index in [1.165, 1.54) is 17.6 Å². The van der Waals surface area contributed by atoms with Gasteiger partial charge in [-0.2, -0.15) is 0 Å². The highest BCUT2D eigenvalue weighted by molar-refractivity contribution is 7.99. The molecule has 2 aromatic heterocycles. The molecule has 1 aromatic carbocycles. The summed E-state index contributed by atoms with van der Waals surface area (Å²) in [7, 11) is 0. The van der Waals surface area contributed by atoms with E-state index in [4.69, 9.17) is 0 Å². The van der Waals surface area contributed by atoms with Gasteiger partial charge in [-0.25, -0.2) is 4.98 Å². The second kappa shape index (κ2) is 6.83. The minimum atomic E-state index is -0.107. The van der Waals surface area contributed by atoms with Gasteiger partial charge in [-0.3, -0.25) is 9.69 Å². The van der Waals surface area contributed by atoms with E-state index in [1.807, 2.05) is 18.0 Å². The van der Waals surface area contributed by atoms with Gasteiger partial charge in [0.15, 0.2) is 0 Å². The number of rotatable bonds is 5. The fourth-order valence-electron chi connectivity index (χ4n) is 3.29. The molecule has 1 atom stereocenters. The highest BCUT2D eigenvalue weighted by Crippen LogP contribution is 2.27. The Morgan fingerprint density at radius 1 is 1.25 bits per heavy atom. The summed E-state index contributed by atoms with van der Waals surface area (Å²) in [5.74, 6) is 1.88. The molecule has 0 amide bonds. The first-order chi connectivity index (χ1) is 11.8. The van der Waals surface area contributed by atoms with Crippen molar-refractivity contribution in [2.75, 3.05) is 18.8 Å². The van der Waals surface area contributed by atoms with Crippen LogP contribution >= 0.6 is 11.8 Å². The number of fused-ring (bicyclic) bond motifs is 1. The quantitative estimate of drug-likeness (QED) is 0.701. The summed E-state index contributed by atoms with van der Waals surface area (Å²) in [6, 6.07) is 10.6. The van der Waals surface area contributed by atoms with Crippen molar-refractivity contribution in [2.24, 2.45) is 5.92 Å². The van der Waals surface area contributed by atoms with Crippen molar-refractivity contribution in [3.8, 4) is 0 Å². The SMILES string of the molecule is O=c1[nH]cnc2c(CN3CC[C@@H](CSc4ccccc4)C3)c[nH]c12. The lowest BCUT2D eigenvalue weighted by Gasteiger charge is -2.15. The van der Waals surface area contributed by atoms with E-state index in [9.17, 15) is 4.79 Å². The molecule has 0 aliphatic carbocycles. The van der Waals surface area contributed by atoms with Gasteiger partial charge in [0.1, 0.15) is 5.52 Å². The molecule has 3 aromatic rings. The maximum atomic E-state index is 11.8. The second-order valence-electron chi connectivity index (χ2n) is 6.28. The number of thioether (sulfide) groups is 1. The van der Waals surface area contributed by atoms with Crippen molar-refractivity contribution >= 4 is 22.8 Å². The largest absolute Gasteiger partial charge is 0.355 e. The van der Waals surface area contributed by atoms with Gasteiger partial charge in [0, 0.05) is 35.5 Å². The fraction of sp³-hybridized carbons (Fsp3) is 0.333. The molecule has 3 heterocycles. The van der Waals surface area contributed by atoms with Crippen molar-refractivity contribution in [3.63, 3.8) is 0 Å². The molecule has 2 N–H and O–H groups in total. The smallest absolute Gasteiger partial charge is 0.275 e. The van der Waals surface area contributed by atoms with Crippen LogP contribution in [0.25, 0.3) is 11.0 Å². The topological polar surface area (TPSA) is 64.8 Å². The normalized spacial score (nSPS) is 18.4. The average molecular weight is 340 g/mol. The first kappa shape index (κ1) is 15.5. The third kappa shape index (κ3) is 3.25. The van der Waals surface area contributed by atoms with E-state index >= 15 is 0 Å². The van der Waals surface area contributed by atoms with Crippen LogP contribution in [0, 0.1) is 5.92 Å². The molecule has 0 unspecified atom stereocenters. The van der Waals surface area contributed by atoms with Gasteiger partial charge < -0.3 is 9.97 Å². The molecule has 0 spiro atoms. The number of hydrogen-bond donors (Lipinski definition) is 2. The number of H-pyrrole nitrogens is 2. The van der Waals surface area contributed by atoms with Gasteiger partial charge in [-0.15, -0.1) is 11.8 Å². The van der Waals surface area contributed by atoms with Crippen molar-refractivity contribution in [1.29, 1.82) is 0 Å². The summed E-state index contributed by atoms with van der Waals surface area (Å²) in [4.78, 5) is 25.5. The molecule has 0 radical (unpaired) electrons. The van der Waals surface area contributed by atoms with Crippen LogP contribution in [0.3, 0.4) is 0 Å². The molecule has 1 saturated heterocycles. The summed E-state index contributed by atoms with van der Waals surface area (Å²) in [5, 5.41) is 0. The van der Waals surface area contributed by atoms with Crippen molar-refractivity contribution in [1.82, 2.24) is 19.9 Å². The minimum Gasteiger partial charge on any atom is -0.355 e. The Hall–Kier alpha value is -2.05. The zero-order valence-corrected chi connectivity index (χ0v) is 14.2. The molecule has 0 bridgehead atoms. The van der Waals surface area contributed by atoms with Crippen LogP contribution in [0.5, 0.6) is 0 Å². The van der Waals surface area contributed by atoms with Crippen LogP contribution in [0.15, 0.2) is 52.5 Å². The molecule has 4 rings (SSSR count). The summed E-state index contributed by atoms with van der Waals surface area (Å²) in [6.07, 6.45) is 4.63. The summed E-state index contributed by atoms with van der Waals surface area (Å²) in [5.41, 5.74) is 2.36. The van der Waals surface area contributed by atoms with Gasteiger partial charge in [-0.1, -0.05) is 18.2 Å². The van der Waals surface area contributed by atoms with E-state index in [-0.39, 0.29) is 5.56 Å². The number of aromatic nitrogens is 3. The lowest BCUT2D eigenvalue weighted by atomic mass is 10.2. The Kier molecular flexibility index (Phi) is 4.40. The molecule has 6 heteroatoms. The fourth-order valence-corrected chi connectivity index (χ4v) is 4.34. The lowest BCUT2D eigenvalue weighted by Crippen LogP contribution is -2.20. The number of nitrogens with zero attached hydrogens (tertiary/aromatic N) is 2. The van der Waals surface area contributed by atoms with Crippen molar-refractivity contribution < 1.29 is 0 Å². The zero-order valence-electron chi connectivity index (χ0n) is 13.4. The molecular formula is C18H20N4OS. The zero-order chi connectivity index (χ0) is 16.4. The number of nitrogens with one attached hydrogen (secondary N) is 2. The summed E-state index contributed by atoms with van der Waals surface area (Å²) in [6.45, 7) is 3.06. The van der Waals surface area contributed by atoms with E-state index in [0.717, 1.165) is 42.4 Å². The molecular weight excluding hydrogens is 320 g/mol. The lowest BCUT2D eigenvalue weighted by molar-refractivity contribution is 0.322. The predicted molar refractivity (Wildman–Crippen MR) is 97.3 cm³/mol. The van der Waals surface area contributed by atoms with Crippen molar-refractivity contribution in [2.45, 2.75) is 17.9 Å². The molecule has 24 heavy (non-hydrogen) atoms. The third-order valence-corrected chi connectivity index (χ3v) is 5.78. The van der Waals surface area contributed by atoms with Gasteiger partial charge in [0.2, 0.25) is 0 Å². The van der Waals surface area contributed by atoms with Crippen LogP contribution in [0.2, 0.25) is 0 Å². The van der Waals surface area contributed by atoms with E-state index < -0.39 is 0 Å². The highest BCUT2D eigenvalue weighted by atomic mass is 32.2. The molecule has 5 nitrogen and oxygen atoms in total. The number of benzene rings is 1. The van der Waals surface area contributed by atoms with Crippen LogP contribution < -0.4 is 5.56 Å². The number of hydrogen-bond acceptors (Lipinski definition) is 4. The first-order valence-corrected chi connectivity index (χ1v) is 9.22. The predicted octanol–water partition coefficient (Wildman–Crippen LogP) is 2.87. The maximum absolute atomic E-state index is 11.8. The number of likely N-dealkylation sites (tertiary alicyclic amines) is 1. The molecule has 1 aliphatic heterocycles. The summed E-state index contributed by atoms with van der Waals surface area (Å²) >= 11 is 1.94. The van der Waals surface area contributed by atoms with Gasteiger partial charge in [0.05, 0.1) is 11.8 Å². The molecule has 1 fully saturated rings. The van der Waals surface area contributed by atoms with E-state index in [1.54, 1.807) is 0 Å². The molecule has 0 saturated carbocycles. The third-order valence-electron chi connectivity index (χ3n) is 4.54. The Morgan fingerprint density at radius 2 is 2.12 bits per heavy atom. The monoisotopic (exact) mass is 340 g/mol. The Balaban J connectivity index is 1.36. The van der Waals surface area contributed by atoms with Crippen molar-refractivity contribution in [3.05, 3.63) is 58.8 Å². The maximum Gasteiger partial charge on any atom is 0.275 e. The number of aromatic amines is 2. The molecule has 1 aliphatic rings. The van der Waals surface area contributed by atoms with Crippen LogP contribution in [0.1, 0.15) is 12.0 Å². The Morgan fingerprint density at radius 3 is 3.00 bits per heavy atom. The molecule has 124 valence electrons. The first-order valence-electron chi connectivity index (χ1n) is 8.23. The van der Waals surface area contributed by atoms with Gasteiger partial charge in [0.25, 0.3) is 5.56 Å². The Labute approximate surface area is 144 Å². The van der Waals surface area contributed by atoms with Crippen LogP contribution in [-0.2, 0) is 6.54 Å². The van der Waals surface area contributed by atoms with E-state index in [0.29, 0.717) is 5.52 Å². The standard InChI is InChI=1S/C18H20N4OS/c23-18-17-16(20-12-21-18)14(8-19-17)10-22-7-6-13(9-22)11-24-15-4-2-1-3-5-15/h1-5,8,12-13,19H,6-7,9-11H2,(H,20,21,23)/t13-/m1/s1. The van der Waals surface area contributed by atoms with Crippen LogP contribution in [0.4, 0.5) is 0 Å². The average Bonchev–Trinajstić information content (AvgIpc) is 3.23. The van der Waals surface area contributed by atoms with E-state index in [2.05, 4.69) is 50.2 Å². The minimum absolute atomic E-state index is 0.107. The van der Waals surface area contributed by atoms with Gasteiger partial charge >= 0.3 is 0 Å². The van der Waals surface area contributed by atoms with Gasteiger partial charge in [-0.05, 0) is 31.0 Å². The Bertz CT molecular complexity index is 873.